The first-order chi connectivity index (χ1) is 11.9. The van der Waals surface area contributed by atoms with Gasteiger partial charge in [0.15, 0.2) is 9.84 Å². The normalized spacial score (nSPS) is 15.8. The van der Waals surface area contributed by atoms with Gasteiger partial charge in [0.1, 0.15) is 0 Å². The molecule has 0 unspecified atom stereocenters. The molecule has 1 aromatic heterocycles. The zero-order chi connectivity index (χ0) is 17.8. The van der Waals surface area contributed by atoms with Gasteiger partial charge in [-0.1, -0.05) is 23.4 Å². The Morgan fingerprint density at radius 2 is 2.00 bits per heavy atom. The van der Waals surface area contributed by atoms with E-state index in [2.05, 4.69) is 9.72 Å². The van der Waals surface area contributed by atoms with Crippen molar-refractivity contribution in [3.05, 3.63) is 42.0 Å². The van der Waals surface area contributed by atoms with Crippen LogP contribution in [0.5, 0.6) is 0 Å². The maximum atomic E-state index is 11.9. The SMILES string of the molecule is CC(=O)O/N=C1\CCn2c3ccc(S(C)(=O)=O)cc3c3cccc1c32. The quantitative estimate of drug-likeness (QED) is 0.522. The second kappa shape index (κ2) is 5.42. The molecule has 7 heteroatoms. The minimum Gasteiger partial charge on any atom is -0.340 e. The third kappa shape index (κ3) is 2.51. The van der Waals surface area contributed by atoms with Crippen molar-refractivity contribution >= 4 is 43.3 Å². The Bertz CT molecular complexity index is 1170. The van der Waals surface area contributed by atoms with Gasteiger partial charge in [-0.25, -0.2) is 13.2 Å². The van der Waals surface area contributed by atoms with Gasteiger partial charge < -0.3 is 9.40 Å². The zero-order valence-electron chi connectivity index (χ0n) is 13.8. The molecule has 25 heavy (non-hydrogen) atoms. The first-order valence-electron chi connectivity index (χ1n) is 7.86. The van der Waals surface area contributed by atoms with Crippen LogP contribution in [0, 0.1) is 0 Å². The summed E-state index contributed by atoms with van der Waals surface area (Å²) in [5.74, 6) is -0.455. The van der Waals surface area contributed by atoms with Crippen molar-refractivity contribution in [1.29, 1.82) is 0 Å². The van der Waals surface area contributed by atoms with E-state index in [1.807, 2.05) is 24.3 Å². The van der Waals surface area contributed by atoms with Crippen LogP contribution in [0.1, 0.15) is 18.9 Å². The van der Waals surface area contributed by atoms with Gasteiger partial charge in [0.2, 0.25) is 0 Å². The van der Waals surface area contributed by atoms with E-state index in [4.69, 9.17) is 4.84 Å². The Morgan fingerprint density at radius 3 is 2.72 bits per heavy atom. The summed E-state index contributed by atoms with van der Waals surface area (Å²) < 4.78 is 26.0. The highest BCUT2D eigenvalue weighted by Crippen LogP contribution is 2.35. The van der Waals surface area contributed by atoms with Crippen LogP contribution < -0.4 is 0 Å². The molecule has 0 radical (unpaired) electrons. The van der Waals surface area contributed by atoms with Gasteiger partial charge in [0.05, 0.1) is 16.1 Å². The molecule has 0 aliphatic carbocycles. The third-order valence-corrected chi connectivity index (χ3v) is 5.56. The van der Waals surface area contributed by atoms with Crippen LogP contribution >= 0.6 is 0 Å². The Balaban J connectivity index is 2.03. The van der Waals surface area contributed by atoms with Gasteiger partial charge in [-0.3, -0.25) is 0 Å². The molecule has 2 heterocycles. The minimum absolute atomic E-state index is 0.303. The number of carbonyl (C=O) groups excluding carboxylic acids is 1. The molecular formula is C18H16N2O4S. The number of hydrogen-bond acceptors (Lipinski definition) is 5. The van der Waals surface area contributed by atoms with Gasteiger partial charge >= 0.3 is 5.97 Å². The number of benzene rings is 2. The van der Waals surface area contributed by atoms with E-state index in [1.165, 1.54) is 13.2 Å². The number of aryl methyl sites for hydroxylation is 1. The van der Waals surface area contributed by atoms with Gasteiger partial charge in [-0.05, 0) is 18.2 Å². The van der Waals surface area contributed by atoms with E-state index in [1.54, 1.807) is 12.1 Å². The summed E-state index contributed by atoms with van der Waals surface area (Å²) in [7, 11) is -3.27. The topological polar surface area (TPSA) is 77.7 Å². The first-order valence-corrected chi connectivity index (χ1v) is 9.75. The van der Waals surface area contributed by atoms with Crippen LogP contribution in [0.15, 0.2) is 46.4 Å². The van der Waals surface area contributed by atoms with Crippen LogP contribution in [-0.2, 0) is 26.0 Å². The largest absolute Gasteiger partial charge is 0.340 e. The van der Waals surface area contributed by atoms with E-state index in [9.17, 15) is 13.2 Å². The summed E-state index contributed by atoms with van der Waals surface area (Å²) in [6.07, 6.45) is 1.84. The smallest absolute Gasteiger partial charge is 0.331 e. The van der Waals surface area contributed by atoms with Crippen LogP contribution in [-0.4, -0.2) is 30.9 Å². The summed E-state index contributed by atoms with van der Waals surface area (Å²) in [4.78, 5) is 16.2. The highest BCUT2D eigenvalue weighted by Gasteiger charge is 2.23. The summed E-state index contributed by atoms with van der Waals surface area (Å²) >= 11 is 0. The molecule has 6 nitrogen and oxygen atoms in total. The molecule has 0 spiro atoms. The fourth-order valence-corrected chi connectivity index (χ4v) is 4.05. The lowest BCUT2D eigenvalue weighted by Gasteiger charge is -2.17. The van der Waals surface area contributed by atoms with Crippen molar-refractivity contribution in [1.82, 2.24) is 4.57 Å². The minimum atomic E-state index is -3.27. The van der Waals surface area contributed by atoms with Crippen LogP contribution in [0.4, 0.5) is 0 Å². The van der Waals surface area contributed by atoms with Gasteiger partial charge in [0.25, 0.3) is 0 Å². The number of aromatic nitrogens is 1. The predicted molar refractivity (Wildman–Crippen MR) is 95.5 cm³/mol. The number of nitrogens with zero attached hydrogens (tertiary/aromatic N) is 2. The van der Waals surface area contributed by atoms with Crippen molar-refractivity contribution in [2.45, 2.75) is 24.8 Å². The predicted octanol–water partition coefficient (Wildman–Crippen LogP) is 2.87. The lowest BCUT2D eigenvalue weighted by atomic mass is 10.0. The molecular weight excluding hydrogens is 340 g/mol. The number of sulfone groups is 1. The lowest BCUT2D eigenvalue weighted by molar-refractivity contribution is -0.140. The van der Waals surface area contributed by atoms with E-state index in [0.717, 1.165) is 33.1 Å². The molecule has 0 N–H and O–H groups in total. The average molecular weight is 356 g/mol. The molecule has 0 saturated heterocycles. The molecule has 0 saturated carbocycles. The Morgan fingerprint density at radius 1 is 1.20 bits per heavy atom. The maximum absolute atomic E-state index is 11.9. The molecule has 0 atom stereocenters. The molecule has 0 bridgehead atoms. The lowest BCUT2D eigenvalue weighted by Crippen LogP contribution is -2.15. The van der Waals surface area contributed by atoms with Gasteiger partial charge in [-0.15, -0.1) is 0 Å². The van der Waals surface area contributed by atoms with E-state index >= 15 is 0 Å². The van der Waals surface area contributed by atoms with Crippen LogP contribution in [0.3, 0.4) is 0 Å². The highest BCUT2D eigenvalue weighted by molar-refractivity contribution is 7.90. The van der Waals surface area contributed by atoms with Crippen molar-refractivity contribution in [2.75, 3.05) is 6.26 Å². The molecule has 0 amide bonds. The first kappa shape index (κ1) is 15.8. The Labute approximate surface area is 144 Å². The molecule has 0 fully saturated rings. The molecule has 2 aromatic carbocycles. The van der Waals surface area contributed by atoms with E-state index < -0.39 is 15.8 Å². The molecule has 3 aromatic rings. The number of rotatable bonds is 2. The van der Waals surface area contributed by atoms with Crippen molar-refractivity contribution in [2.24, 2.45) is 5.16 Å². The number of carbonyl (C=O) groups is 1. The molecule has 4 rings (SSSR count). The second-order valence-corrected chi connectivity index (χ2v) is 8.19. The van der Waals surface area contributed by atoms with Crippen LogP contribution in [0.25, 0.3) is 21.8 Å². The molecule has 1 aliphatic heterocycles. The fourth-order valence-electron chi connectivity index (χ4n) is 3.40. The van der Waals surface area contributed by atoms with Gasteiger partial charge in [0, 0.05) is 48.0 Å². The molecule has 1 aliphatic rings. The number of hydrogen-bond donors (Lipinski definition) is 0. The zero-order valence-corrected chi connectivity index (χ0v) is 14.6. The number of para-hydroxylation sites is 1. The second-order valence-electron chi connectivity index (χ2n) is 6.18. The average Bonchev–Trinajstić information content (AvgIpc) is 2.89. The van der Waals surface area contributed by atoms with Crippen molar-refractivity contribution in [3.63, 3.8) is 0 Å². The Kier molecular flexibility index (Phi) is 3.43. The maximum Gasteiger partial charge on any atom is 0.331 e. The third-order valence-electron chi connectivity index (χ3n) is 4.45. The number of oxime groups is 1. The van der Waals surface area contributed by atoms with Crippen molar-refractivity contribution in [3.8, 4) is 0 Å². The fraction of sp³-hybridized carbons (Fsp3) is 0.222. The highest BCUT2D eigenvalue weighted by atomic mass is 32.2. The Hall–Kier alpha value is -2.67. The molecule has 128 valence electrons. The summed E-state index contributed by atoms with van der Waals surface area (Å²) in [6, 6.07) is 11.0. The summed E-state index contributed by atoms with van der Waals surface area (Å²) in [5.41, 5.74) is 3.60. The number of fused-ring (bicyclic) bond motifs is 3. The standard InChI is InChI=1S/C18H16N2O4S/c1-11(21)24-19-16-8-9-20-17-7-6-12(25(2,22)23)10-15(17)13-4-3-5-14(16)18(13)20/h3-7,10H,8-9H2,1-2H3/b19-16+. The van der Waals surface area contributed by atoms with E-state index in [-0.39, 0.29) is 0 Å². The summed E-state index contributed by atoms with van der Waals surface area (Å²) in [5, 5.41) is 5.85. The monoisotopic (exact) mass is 356 g/mol. The van der Waals surface area contributed by atoms with Crippen LogP contribution in [0.2, 0.25) is 0 Å². The van der Waals surface area contributed by atoms with Gasteiger partial charge in [-0.2, -0.15) is 0 Å². The van der Waals surface area contributed by atoms with E-state index in [0.29, 0.717) is 17.9 Å². The summed E-state index contributed by atoms with van der Waals surface area (Å²) in [6.45, 7) is 2.01. The van der Waals surface area contributed by atoms with Crippen molar-refractivity contribution < 1.29 is 18.0 Å².